The standard InChI is InChI=1S/C26H31N5O6/c1-35-26(34)28-20-15-18(24(32)31-11-7-27-8-12-31)3-5-21(20)29-9-2-10-30(14-13-29)25(33)19-4-6-22-23(16-19)37-17-36-22/h3-6,15-16,27H,2,7-14,17H2,1H3,(H,28,34). The molecule has 0 aromatic heterocycles. The van der Waals surface area contributed by atoms with Crippen molar-refractivity contribution in [1.82, 2.24) is 15.1 Å². The summed E-state index contributed by atoms with van der Waals surface area (Å²) >= 11 is 0. The van der Waals surface area contributed by atoms with E-state index in [1.165, 1.54) is 7.11 Å². The molecule has 0 atom stereocenters. The van der Waals surface area contributed by atoms with E-state index in [2.05, 4.69) is 15.5 Å². The first kappa shape index (κ1) is 24.7. The minimum absolute atomic E-state index is 0.0648. The van der Waals surface area contributed by atoms with Gasteiger partial charge in [-0.1, -0.05) is 0 Å². The van der Waals surface area contributed by atoms with Crippen molar-refractivity contribution >= 4 is 29.3 Å². The maximum atomic E-state index is 13.2. The number of piperazine rings is 1. The number of carbonyl (C=O) groups excluding carboxylic acids is 3. The Labute approximate surface area is 215 Å². The summed E-state index contributed by atoms with van der Waals surface area (Å²) < 4.78 is 15.6. The van der Waals surface area contributed by atoms with Gasteiger partial charge >= 0.3 is 6.09 Å². The van der Waals surface area contributed by atoms with Gasteiger partial charge in [0, 0.05) is 63.5 Å². The van der Waals surface area contributed by atoms with E-state index in [0.29, 0.717) is 67.6 Å². The number of amides is 3. The van der Waals surface area contributed by atoms with Crippen LogP contribution in [0.4, 0.5) is 16.2 Å². The van der Waals surface area contributed by atoms with E-state index in [-0.39, 0.29) is 18.6 Å². The van der Waals surface area contributed by atoms with E-state index in [0.717, 1.165) is 25.2 Å². The number of hydrogen-bond acceptors (Lipinski definition) is 8. The lowest BCUT2D eigenvalue weighted by molar-refractivity contribution is 0.0734. The van der Waals surface area contributed by atoms with Gasteiger partial charge in [-0.05, 0) is 42.8 Å². The van der Waals surface area contributed by atoms with Crippen LogP contribution < -0.4 is 25.0 Å². The predicted molar refractivity (Wildman–Crippen MR) is 137 cm³/mol. The Balaban J connectivity index is 1.32. The lowest BCUT2D eigenvalue weighted by Gasteiger charge is -2.29. The summed E-state index contributed by atoms with van der Waals surface area (Å²) in [6.07, 6.45) is 0.137. The molecule has 196 valence electrons. The number of nitrogens with zero attached hydrogens (tertiary/aromatic N) is 3. The highest BCUT2D eigenvalue weighted by Crippen LogP contribution is 2.33. The highest BCUT2D eigenvalue weighted by molar-refractivity contribution is 5.99. The van der Waals surface area contributed by atoms with Gasteiger partial charge in [0.2, 0.25) is 6.79 Å². The van der Waals surface area contributed by atoms with Gasteiger partial charge in [-0.25, -0.2) is 4.79 Å². The predicted octanol–water partition coefficient (Wildman–Crippen LogP) is 1.99. The lowest BCUT2D eigenvalue weighted by atomic mass is 10.1. The van der Waals surface area contributed by atoms with Crippen LogP contribution in [0.25, 0.3) is 0 Å². The summed E-state index contributed by atoms with van der Waals surface area (Å²) in [6, 6.07) is 10.6. The fraction of sp³-hybridized carbons (Fsp3) is 0.423. The molecule has 2 aromatic rings. The van der Waals surface area contributed by atoms with Crippen LogP contribution in [-0.4, -0.2) is 94.0 Å². The third-order valence-corrected chi connectivity index (χ3v) is 6.81. The Morgan fingerprint density at radius 3 is 2.32 bits per heavy atom. The molecule has 37 heavy (non-hydrogen) atoms. The summed E-state index contributed by atoms with van der Waals surface area (Å²) in [6.45, 7) is 5.31. The van der Waals surface area contributed by atoms with Gasteiger partial charge in [0.05, 0.1) is 18.5 Å². The number of nitrogens with one attached hydrogen (secondary N) is 2. The fourth-order valence-corrected chi connectivity index (χ4v) is 4.83. The molecule has 0 aliphatic carbocycles. The molecule has 3 aliphatic rings. The van der Waals surface area contributed by atoms with Crippen LogP contribution in [0.3, 0.4) is 0 Å². The van der Waals surface area contributed by atoms with Crippen LogP contribution >= 0.6 is 0 Å². The normalized spacial score (nSPS) is 17.3. The lowest BCUT2D eigenvalue weighted by Crippen LogP contribution is -2.46. The average Bonchev–Trinajstić information content (AvgIpc) is 3.28. The maximum Gasteiger partial charge on any atom is 0.411 e. The van der Waals surface area contributed by atoms with Crippen molar-refractivity contribution in [2.45, 2.75) is 6.42 Å². The fourth-order valence-electron chi connectivity index (χ4n) is 4.83. The molecule has 2 aromatic carbocycles. The maximum absolute atomic E-state index is 13.2. The molecule has 3 aliphatic heterocycles. The van der Waals surface area contributed by atoms with Gasteiger partial charge in [-0.3, -0.25) is 14.9 Å². The number of rotatable bonds is 4. The first-order chi connectivity index (χ1) is 18.0. The second-order valence-electron chi connectivity index (χ2n) is 9.09. The molecule has 11 nitrogen and oxygen atoms in total. The second-order valence-corrected chi connectivity index (χ2v) is 9.09. The molecule has 3 heterocycles. The van der Waals surface area contributed by atoms with Gasteiger partial charge in [0.25, 0.3) is 11.8 Å². The van der Waals surface area contributed by atoms with E-state index in [1.807, 2.05) is 11.0 Å². The van der Waals surface area contributed by atoms with Crippen molar-refractivity contribution in [2.75, 3.05) is 76.5 Å². The first-order valence-corrected chi connectivity index (χ1v) is 12.5. The van der Waals surface area contributed by atoms with Gasteiger partial charge in [-0.2, -0.15) is 0 Å². The second kappa shape index (κ2) is 11.0. The van der Waals surface area contributed by atoms with Crippen LogP contribution in [0, 0.1) is 0 Å². The molecule has 0 spiro atoms. The quantitative estimate of drug-likeness (QED) is 0.644. The van der Waals surface area contributed by atoms with E-state index in [4.69, 9.17) is 14.2 Å². The molecular weight excluding hydrogens is 478 g/mol. The van der Waals surface area contributed by atoms with Gasteiger partial charge in [0.1, 0.15) is 0 Å². The van der Waals surface area contributed by atoms with Crippen LogP contribution in [0.1, 0.15) is 27.1 Å². The Morgan fingerprint density at radius 2 is 1.54 bits per heavy atom. The minimum atomic E-state index is -0.609. The highest BCUT2D eigenvalue weighted by Gasteiger charge is 2.25. The molecular formula is C26H31N5O6. The Kier molecular flexibility index (Phi) is 7.31. The summed E-state index contributed by atoms with van der Waals surface area (Å²) in [4.78, 5) is 44.1. The van der Waals surface area contributed by atoms with Crippen molar-refractivity contribution in [1.29, 1.82) is 0 Å². The van der Waals surface area contributed by atoms with Gasteiger partial charge in [0.15, 0.2) is 11.5 Å². The molecule has 2 saturated heterocycles. The number of ether oxygens (including phenoxy) is 3. The highest BCUT2D eigenvalue weighted by atomic mass is 16.7. The monoisotopic (exact) mass is 509 g/mol. The Bertz CT molecular complexity index is 1180. The Morgan fingerprint density at radius 1 is 0.838 bits per heavy atom. The molecule has 11 heteroatoms. The third-order valence-electron chi connectivity index (χ3n) is 6.81. The molecule has 0 bridgehead atoms. The zero-order valence-electron chi connectivity index (χ0n) is 20.8. The zero-order chi connectivity index (χ0) is 25.8. The number of carbonyl (C=O) groups is 3. The van der Waals surface area contributed by atoms with E-state index in [9.17, 15) is 14.4 Å². The first-order valence-electron chi connectivity index (χ1n) is 12.5. The molecule has 2 N–H and O–H groups in total. The summed E-state index contributed by atoms with van der Waals surface area (Å²) in [7, 11) is 1.30. The van der Waals surface area contributed by atoms with Crippen LogP contribution in [0.2, 0.25) is 0 Å². The van der Waals surface area contributed by atoms with E-state index < -0.39 is 6.09 Å². The average molecular weight is 510 g/mol. The molecule has 0 saturated carbocycles. The molecule has 3 amide bonds. The Hall–Kier alpha value is -3.99. The molecule has 5 rings (SSSR count). The molecule has 0 radical (unpaired) electrons. The van der Waals surface area contributed by atoms with Crippen molar-refractivity contribution < 1.29 is 28.6 Å². The summed E-state index contributed by atoms with van der Waals surface area (Å²) in [5, 5.41) is 6.01. The third kappa shape index (κ3) is 5.41. The number of hydrogen-bond donors (Lipinski definition) is 2. The van der Waals surface area contributed by atoms with Crippen molar-refractivity contribution in [3.05, 3.63) is 47.5 Å². The van der Waals surface area contributed by atoms with Gasteiger partial charge in [-0.15, -0.1) is 0 Å². The van der Waals surface area contributed by atoms with Crippen LogP contribution in [-0.2, 0) is 4.74 Å². The van der Waals surface area contributed by atoms with Crippen LogP contribution in [0.5, 0.6) is 11.5 Å². The zero-order valence-corrected chi connectivity index (χ0v) is 20.8. The number of anilines is 2. The van der Waals surface area contributed by atoms with Crippen molar-refractivity contribution in [2.24, 2.45) is 0 Å². The van der Waals surface area contributed by atoms with Crippen molar-refractivity contribution in [3.63, 3.8) is 0 Å². The topological polar surface area (TPSA) is 113 Å². The molecule has 2 fully saturated rings. The SMILES string of the molecule is COC(=O)Nc1cc(C(=O)N2CCNCC2)ccc1N1CCCN(C(=O)c2ccc3c(c2)OCO3)CC1. The largest absolute Gasteiger partial charge is 0.454 e. The number of benzene rings is 2. The van der Waals surface area contributed by atoms with Gasteiger partial charge < -0.3 is 34.2 Å². The number of methoxy groups -OCH3 is 1. The van der Waals surface area contributed by atoms with Crippen molar-refractivity contribution in [3.8, 4) is 11.5 Å². The summed E-state index contributed by atoms with van der Waals surface area (Å²) in [5.41, 5.74) is 2.34. The summed E-state index contributed by atoms with van der Waals surface area (Å²) in [5.74, 6) is 1.08. The smallest absolute Gasteiger partial charge is 0.411 e. The van der Waals surface area contributed by atoms with Crippen LogP contribution in [0.15, 0.2) is 36.4 Å². The van der Waals surface area contributed by atoms with E-state index in [1.54, 1.807) is 35.2 Å². The van der Waals surface area contributed by atoms with E-state index >= 15 is 0 Å². The number of fused-ring (bicyclic) bond motifs is 1. The minimum Gasteiger partial charge on any atom is -0.454 e. The molecule has 0 unspecified atom stereocenters.